The number of hydrogen-bond donors (Lipinski definition) is 0. The molecule has 3 aromatic rings. The summed E-state index contributed by atoms with van der Waals surface area (Å²) in [6.45, 7) is 8.63. The molecule has 0 atom stereocenters. The smallest absolute Gasteiger partial charge is 0.268 e. The Hall–Kier alpha value is -3.11. The van der Waals surface area contributed by atoms with Crippen LogP contribution in [-0.4, -0.2) is 11.1 Å². The summed E-state index contributed by atoms with van der Waals surface area (Å²) in [7, 11) is 0. The van der Waals surface area contributed by atoms with Gasteiger partial charge >= 0.3 is 0 Å². The van der Waals surface area contributed by atoms with Crippen molar-refractivity contribution in [3.8, 4) is 0 Å². The Morgan fingerprint density at radius 3 is 1.97 bits per heavy atom. The van der Waals surface area contributed by atoms with Crippen LogP contribution < -0.4 is 4.90 Å². The van der Waals surface area contributed by atoms with Crippen LogP contribution in [0.2, 0.25) is 0 Å². The van der Waals surface area contributed by atoms with Gasteiger partial charge in [-0.1, -0.05) is 76.2 Å². The SMILES string of the molecule is CCc1ccc(N=C2S/C(=C/c3ccc(C(C)C)cc3)C(=O)N2c2ccc(CC)cc2)cc1. The second-order valence-electron chi connectivity index (χ2n) is 8.51. The number of aliphatic imine (C=N–C) groups is 1. The third-order valence-electron chi connectivity index (χ3n) is 5.88. The molecular formula is C29H30N2OS. The Balaban J connectivity index is 1.71. The van der Waals surface area contributed by atoms with E-state index in [1.165, 1.54) is 28.5 Å². The van der Waals surface area contributed by atoms with Gasteiger partial charge in [0.05, 0.1) is 16.3 Å². The summed E-state index contributed by atoms with van der Waals surface area (Å²) in [6.07, 6.45) is 3.92. The third-order valence-corrected chi connectivity index (χ3v) is 6.85. The zero-order valence-electron chi connectivity index (χ0n) is 19.7. The quantitative estimate of drug-likeness (QED) is 0.357. The van der Waals surface area contributed by atoms with Crippen LogP contribution in [0.1, 0.15) is 55.9 Å². The molecule has 1 heterocycles. The van der Waals surface area contributed by atoms with Crippen LogP contribution in [0.5, 0.6) is 0 Å². The van der Waals surface area contributed by atoms with Crippen molar-refractivity contribution >= 4 is 40.3 Å². The van der Waals surface area contributed by atoms with Gasteiger partial charge in [0.15, 0.2) is 5.17 Å². The topological polar surface area (TPSA) is 32.7 Å². The zero-order valence-corrected chi connectivity index (χ0v) is 20.5. The minimum atomic E-state index is -0.0406. The lowest BCUT2D eigenvalue weighted by atomic mass is 10.0. The number of nitrogens with zero attached hydrogens (tertiary/aromatic N) is 2. The highest BCUT2D eigenvalue weighted by Crippen LogP contribution is 2.37. The molecule has 3 aromatic carbocycles. The number of hydrogen-bond acceptors (Lipinski definition) is 3. The minimum Gasteiger partial charge on any atom is -0.268 e. The number of benzene rings is 3. The molecule has 0 aliphatic carbocycles. The van der Waals surface area contributed by atoms with Crippen LogP contribution in [0.3, 0.4) is 0 Å². The van der Waals surface area contributed by atoms with E-state index in [4.69, 9.17) is 4.99 Å². The molecule has 4 rings (SSSR count). The first kappa shape index (κ1) is 23.1. The molecule has 1 fully saturated rings. The molecular weight excluding hydrogens is 424 g/mol. The summed E-state index contributed by atoms with van der Waals surface area (Å²) < 4.78 is 0. The molecule has 0 unspecified atom stereocenters. The van der Waals surface area contributed by atoms with Gasteiger partial charge in [-0.05, 0) is 83.1 Å². The van der Waals surface area contributed by atoms with E-state index in [1.54, 1.807) is 4.90 Å². The minimum absolute atomic E-state index is 0.0406. The van der Waals surface area contributed by atoms with Crippen molar-refractivity contribution in [2.45, 2.75) is 46.5 Å². The number of carbonyl (C=O) groups is 1. The first-order valence-electron chi connectivity index (χ1n) is 11.6. The summed E-state index contributed by atoms with van der Waals surface area (Å²) in [6, 6.07) is 24.8. The Morgan fingerprint density at radius 2 is 1.42 bits per heavy atom. The van der Waals surface area contributed by atoms with E-state index in [0.29, 0.717) is 16.0 Å². The molecule has 0 aromatic heterocycles. The predicted octanol–water partition coefficient (Wildman–Crippen LogP) is 7.74. The van der Waals surface area contributed by atoms with E-state index in [0.717, 1.165) is 29.8 Å². The van der Waals surface area contributed by atoms with E-state index in [2.05, 4.69) is 76.2 Å². The van der Waals surface area contributed by atoms with Gasteiger partial charge < -0.3 is 0 Å². The van der Waals surface area contributed by atoms with Crippen molar-refractivity contribution in [3.63, 3.8) is 0 Å². The van der Waals surface area contributed by atoms with Crippen LogP contribution in [0, 0.1) is 0 Å². The van der Waals surface area contributed by atoms with Gasteiger partial charge in [-0.3, -0.25) is 9.69 Å². The van der Waals surface area contributed by atoms with E-state index in [9.17, 15) is 4.79 Å². The molecule has 1 saturated heterocycles. The van der Waals surface area contributed by atoms with Crippen molar-refractivity contribution in [1.82, 2.24) is 0 Å². The average molecular weight is 455 g/mol. The van der Waals surface area contributed by atoms with Crippen molar-refractivity contribution in [2.24, 2.45) is 4.99 Å². The standard InChI is InChI=1S/C29H30N2OS/c1-5-21-9-15-25(16-10-21)30-29-31(26-17-11-22(6-2)12-18-26)28(32)27(33-29)19-23-7-13-24(14-8-23)20(3)4/h7-20H,5-6H2,1-4H3/b27-19+,30-29?. The first-order valence-corrected chi connectivity index (χ1v) is 12.4. The zero-order chi connectivity index (χ0) is 23.4. The fourth-order valence-electron chi connectivity index (χ4n) is 3.70. The Morgan fingerprint density at radius 1 is 0.848 bits per heavy atom. The number of carbonyl (C=O) groups excluding carboxylic acids is 1. The molecule has 0 N–H and O–H groups in total. The molecule has 1 aliphatic rings. The van der Waals surface area contributed by atoms with Gasteiger partial charge in [0.25, 0.3) is 5.91 Å². The maximum absolute atomic E-state index is 13.5. The lowest BCUT2D eigenvalue weighted by molar-refractivity contribution is -0.113. The maximum Gasteiger partial charge on any atom is 0.271 e. The first-order chi connectivity index (χ1) is 16.0. The Labute approximate surface area is 201 Å². The Kier molecular flexibility index (Phi) is 7.14. The third kappa shape index (κ3) is 5.28. The van der Waals surface area contributed by atoms with Crippen molar-refractivity contribution < 1.29 is 4.79 Å². The van der Waals surface area contributed by atoms with Crippen LogP contribution in [0.25, 0.3) is 6.08 Å². The summed E-state index contributed by atoms with van der Waals surface area (Å²) in [5.41, 5.74) is 6.51. The molecule has 0 bridgehead atoms. The van der Waals surface area contributed by atoms with E-state index < -0.39 is 0 Å². The van der Waals surface area contributed by atoms with Crippen LogP contribution >= 0.6 is 11.8 Å². The lowest BCUT2D eigenvalue weighted by Gasteiger charge is -2.16. The monoisotopic (exact) mass is 454 g/mol. The predicted molar refractivity (Wildman–Crippen MR) is 142 cm³/mol. The van der Waals surface area contributed by atoms with Gasteiger partial charge in [-0.2, -0.15) is 0 Å². The molecule has 0 spiro atoms. The molecule has 1 aliphatic heterocycles. The highest BCUT2D eigenvalue weighted by atomic mass is 32.2. The number of aryl methyl sites for hydroxylation is 2. The van der Waals surface area contributed by atoms with Crippen LogP contribution in [0.15, 0.2) is 82.7 Å². The molecule has 168 valence electrons. The molecule has 3 nitrogen and oxygen atoms in total. The number of rotatable bonds is 6. The summed E-state index contributed by atoms with van der Waals surface area (Å²) in [5, 5.41) is 0.679. The molecule has 4 heteroatoms. The number of amidine groups is 1. The van der Waals surface area contributed by atoms with Gasteiger partial charge in [0, 0.05) is 0 Å². The number of thioether (sulfide) groups is 1. The largest absolute Gasteiger partial charge is 0.271 e. The van der Waals surface area contributed by atoms with Crippen molar-refractivity contribution in [2.75, 3.05) is 4.90 Å². The van der Waals surface area contributed by atoms with E-state index >= 15 is 0 Å². The van der Waals surface area contributed by atoms with Gasteiger partial charge in [0.1, 0.15) is 0 Å². The maximum atomic E-state index is 13.5. The van der Waals surface area contributed by atoms with Gasteiger partial charge in [-0.25, -0.2) is 4.99 Å². The molecule has 0 radical (unpaired) electrons. The normalized spacial score (nSPS) is 16.4. The fourth-order valence-corrected chi connectivity index (χ4v) is 4.70. The van der Waals surface area contributed by atoms with Crippen molar-refractivity contribution in [3.05, 3.63) is 100.0 Å². The second-order valence-corrected chi connectivity index (χ2v) is 9.52. The van der Waals surface area contributed by atoms with E-state index in [1.807, 2.05) is 30.3 Å². The number of anilines is 1. The molecule has 33 heavy (non-hydrogen) atoms. The van der Waals surface area contributed by atoms with Crippen molar-refractivity contribution in [1.29, 1.82) is 0 Å². The summed E-state index contributed by atoms with van der Waals surface area (Å²) in [4.78, 5) is 20.8. The average Bonchev–Trinajstić information content (AvgIpc) is 3.14. The second kappa shape index (κ2) is 10.2. The molecule has 0 saturated carbocycles. The van der Waals surface area contributed by atoms with Crippen LogP contribution in [-0.2, 0) is 17.6 Å². The lowest BCUT2D eigenvalue weighted by Crippen LogP contribution is -2.28. The number of amides is 1. The summed E-state index contributed by atoms with van der Waals surface area (Å²) >= 11 is 1.43. The highest BCUT2D eigenvalue weighted by Gasteiger charge is 2.34. The fraction of sp³-hybridized carbons (Fsp3) is 0.241. The Bertz CT molecular complexity index is 1170. The van der Waals surface area contributed by atoms with Gasteiger partial charge in [-0.15, -0.1) is 0 Å². The van der Waals surface area contributed by atoms with Crippen LogP contribution in [0.4, 0.5) is 11.4 Å². The molecule has 1 amide bonds. The highest BCUT2D eigenvalue weighted by molar-refractivity contribution is 8.19. The summed E-state index contributed by atoms with van der Waals surface area (Å²) in [5.74, 6) is 0.440. The van der Waals surface area contributed by atoms with E-state index in [-0.39, 0.29) is 5.91 Å². The van der Waals surface area contributed by atoms with Gasteiger partial charge in [0.2, 0.25) is 0 Å².